The quantitative estimate of drug-likeness (QED) is 0.136. The Balaban J connectivity index is 1.25. The Hall–Kier alpha value is -4.52. The van der Waals surface area contributed by atoms with Crippen LogP contribution in [0.1, 0.15) is 16.8 Å². The Bertz CT molecular complexity index is 1590. The molecule has 4 N–H and O–H groups in total. The molecule has 1 aliphatic heterocycles. The zero-order valence-corrected chi connectivity index (χ0v) is 24.5. The molecule has 0 unspecified atom stereocenters. The molecular weight excluding hydrogens is 570 g/mol. The van der Waals surface area contributed by atoms with Gasteiger partial charge in [0, 0.05) is 66.5 Å². The van der Waals surface area contributed by atoms with Crippen LogP contribution in [-0.2, 0) is 11.2 Å². The van der Waals surface area contributed by atoms with Crippen molar-refractivity contribution >= 4 is 51.1 Å². The lowest BCUT2D eigenvalue weighted by Gasteiger charge is -2.27. The van der Waals surface area contributed by atoms with Gasteiger partial charge in [0.15, 0.2) is 0 Å². The highest BCUT2D eigenvalue weighted by atomic mass is 32.2. The number of hydrogen-bond donors (Lipinski definition) is 4. The van der Waals surface area contributed by atoms with Crippen molar-refractivity contribution in [1.82, 2.24) is 15.2 Å². The number of benzene rings is 3. The summed E-state index contributed by atoms with van der Waals surface area (Å²) >= 11 is -0.699. The minimum atomic E-state index is -1.14. The first-order valence-electron chi connectivity index (χ1n) is 13.8. The van der Waals surface area contributed by atoms with E-state index in [0.29, 0.717) is 63.4 Å². The third-order valence-electron chi connectivity index (χ3n) is 6.97. The van der Waals surface area contributed by atoms with Gasteiger partial charge in [0.1, 0.15) is 34.6 Å². The highest BCUT2D eigenvalue weighted by molar-refractivity contribution is 7.91. The molecule has 224 valence electrons. The van der Waals surface area contributed by atoms with E-state index < -0.39 is 17.3 Å². The van der Waals surface area contributed by atoms with Gasteiger partial charge in [-0.15, -0.1) is 0 Å². The lowest BCUT2D eigenvalue weighted by atomic mass is 10.1. The van der Waals surface area contributed by atoms with Gasteiger partial charge in [-0.25, -0.2) is 9.78 Å². The molecular formula is C31H33N5O6S. The van der Waals surface area contributed by atoms with Gasteiger partial charge in [-0.1, -0.05) is 35.4 Å². The molecule has 0 radical (unpaired) electrons. The van der Waals surface area contributed by atoms with Gasteiger partial charge in [-0.05, 0) is 36.8 Å². The maximum atomic E-state index is 12.9. The second-order valence-corrected chi connectivity index (χ2v) is 11.6. The minimum absolute atomic E-state index is 0.209. The molecule has 1 aliphatic rings. The number of methoxy groups -OCH3 is 1. The van der Waals surface area contributed by atoms with Gasteiger partial charge in [0.2, 0.25) is 0 Å². The summed E-state index contributed by atoms with van der Waals surface area (Å²) in [5.74, 6) is 3.30. The van der Waals surface area contributed by atoms with Crippen molar-refractivity contribution in [1.29, 1.82) is 0 Å². The van der Waals surface area contributed by atoms with E-state index in [-0.39, 0.29) is 5.91 Å². The average Bonchev–Trinajstić information content (AvgIpc) is 3.01. The molecule has 1 aromatic heterocycles. The van der Waals surface area contributed by atoms with Gasteiger partial charge < -0.3 is 29.8 Å². The van der Waals surface area contributed by atoms with Crippen molar-refractivity contribution in [2.24, 2.45) is 0 Å². The van der Waals surface area contributed by atoms with E-state index in [2.05, 4.69) is 25.8 Å². The third kappa shape index (κ3) is 8.07. The fourth-order valence-electron chi connectivity index (χ4n) is 4.83. The Morgan fingerprint density at radius 3 is 2.58 bits per heavy atom. The second kappa shape index (κ2) is 14.1. The smallest absolute Gasteiger partial charge is 0.409 e. The van der Waals surface area contributed by atoms with Crippen LogP contribution in [-0.4, -0.2) is 76.3 Å². The van der Waals surface area contributed by atoms with Crippen molar-refractivity contribution in [2.45, 2.75) is 6.42 Å². The van der Waals surface area contributed by atoms with Gasteiger partial charge >= 0.3 is 6.09 Å². The predicted octanol–water partition coefficient (Wildman–Crippen LogP) is 5.05. The first-order valence-corrected chi connectivity index (χ1v) is 15.3. The lowest BCUT2D eigenvalue weighted by Crippen LogP contribution is -2.41. The average molecular weight is 604 g/mol. The maximum Gasteiger partial charge on any atom is 0.409 e. The highest BCUT2D eigenvalue weighted by Gasteiger charge is 2.19. The molecule has 43 heavy (non-hydrogen) atoms. The number of anilines is 3. The van der Waals surface area contributed by atoms with E-state index in [9.17, 15) is 14.1 Å². The van der Waals surface area contributed by atoms with Crippen LogP contribution in [0, 0.1) is 0 Å². The zero-order valence-electron chi connectivity index (χ0n) is 23.7. The second-order valence-electron chi connectivity index (χ2n) is 9.94. The number of amides is 2. The normalized spacial score (nSPS) is 13.8. The molecule has 5 rings (SSSR count). The molecule has 12 heteroatoms. The Morgan fingerprint density at radius 2 is 1.81 bits per heavy atom. The summed E-state index contributed by atoms with van der Waals surface area (Å²) in [7, 11) is 1.54. The molecule has 0 atom stereocenters. The largest absolute Gasteiger partial charge is 0.616 e. The summed E-state index contributed by atoms with van der Waals surface area (Å²) in [6.07, 6.45) is 1.27. The van der Waals surface area contributed by atoms with Crippen molar-refractivity contribution in [3.63, 3.8) is 0 Å². The molecule has 2 heterocycles. The summed E-state index contributed by atoms with van der Waals surface area (Å²) < 4.78 is 23.1. The predicted molar refractivity (Wildman–Crippen MR) is 167 cm³/mol. The fourth-order valence-corrected chi connectivity index (χ4v) is 5.96. The highest BCUT2D eigenvalue weighted by Crippen LogP contribution is 2.35. The number of carbonyl (C=O) groups excluding carboxylic acids is 1. The van der Waals surface area contributed by atoms with Crippen LogP contribution in [0.15, 0.2) is 72.9 Å². The number of pyridine rings is 1. The van der Waals surface area contributed by atoms with E-state index in [1.54, 1.807) is 55.8 Å². The number of carboxylic acid groups (broad SMARTS) is 1. The molecule has 0 aliphatic carbocycles. The van der Waals surface area contributed by atoms with E-state index in [1.165, 1.54) is 0 Å². The summed E-state index contributed by atoms with van der Waals surface area (Å²) in [5.41, 5.74) is 1.53. The summed E-state index contributed by atoms with van der Waals surface area (Å²) in [6.45, 7) is 3.05. The van der Waals surface area contributed by atoms with Crippen LogP contribution in [0.2, 0.25) is 0 Å². The number of fused-ring (bicyclic) bond motifs is 1. The first kappa shape index (κ1) is 30.0. The van der Waals surface area contributed by atoms with Crippen LogP contribution in [0.4, 0.5) is 22.0 Å². The summed E-state index contributed by atoms with van der Waals surface area (Å²) in [6, 6.07) is 19.4. The summed E-state index contributed by atoms with van der Waals surface area (Å²) in [5, 5.41) is 19.2. The Labute approximate surface area is 252 Å². The van der Waals surface area contributed by atoms with Gasteiger partial charge in [-0.3, -0.25) is 15.0 Å². The van der Waals surface area contributed by atoms with Crippen molar-refractivity contribution in [2.75, 3.05) is 55.4 Å². The molecule has 1 fully saturated rings. The van der Waals surface area contributed by atoms with E-state index in [4.69, 9.17) is 14.6 Å². The molecule has 4 aromatic rings. The van der Waals surface area contributed by atoms with Crippen molar-refractivity contribution in [3.8, 4) is 17.2 Å². The lowest BCUT2D eigenvalue weighted by molar-refractivity contribution is 0.0951. The van der Waals surface area contributed by atoms with E-state index >= 15 is 0 Å². The Kier molecular flexibility index (Phi) is 9.82. The monoisotopic (exact) mass is 603 g/mol. The standard InChI is InChI=1S/C31H33N5O6S/c1-41-24-18-21(30(37)33-10-4-12-36-13-15-43(40)16-14-36)17-22(19-24)34-29-20-23(9-11-32-29)42-28-8-7-27(35-31(38)39)25-5-2-3-6-26(25)28/h2-3,5-9,11,17-20,35H,4,10,12-16H2,1H3,(H,32,34)(H,33,37)(H,38,39). The molecule has 0 spiro atoms. The number of carbonyl (C=O) groups is 2. The third-order valence-corrected chi connectivity index (χ3v) is 8.24. The molecule has 0 bridgehead atoms. The number of nitrogens with one attached hydrogen (secondary N) is 3. The number of nitrogens with zero attached hydrogens (tertiary/aromatic N) is 2. The topological polar surface area (TPSA) is 148 Å². The zero-order chi connectivity index (χ0) is 30.2. The minimum Gasteiger partial charge on any atom is -0.616 e. The van der Waals surface area contributed by atoms with Gasteiger partial charge in [-0.2, -0.15) is 0 Å². The first-order chi connectivity index (χ1) is 20.9. The van der Waals surface area contributed by atoms with E-state index in [1.807, 2.05) is 24.3 Å². The van der Waals surface area contributed by atoms with Crippen molar-refractivity contribution < 1.29 is 28.7 Å². The van der Waals surface area contributed by atoms with Crippen LogP contribution < -0.4 is 25.4 Å². The van der Waals surface area contributed by atoms with Crippen LogP contribution in [0.25, 0.3) is 10.8 Å². The molecule has 3 aromatic carbocycles. The van der Waals surface area contributed by atoms with Gasteiger partial charge in [0.05, 0.1) is 12.8 Å². The van der Waals surface area contributed by atoms with E-state index in [0.717, 1.165) is 31.4 Å². The molecule has 11 nitrogen and oxygen atoms in total. The Morgan fingerprint density at radius 1 is 1.02 bits per heavy atom. The maximum absolute atomic E-state index is 12.9. The summed E-state index contributed by atoms with van der Waals surface area (Å²) in [4.78, 5) is 30.8. The van der Waals surface area contributed by atoms with Crippen LogP contribution in [0.5, 0.6) is 17.2 Å². The molecule has 2 amide bonds. The SMILES string of the molecule is COc1cc(Nc2cc(Oc3ccc(NC(=O)O)c4ccccc34)ccn2)cc(C(=O)NCCCN2CC[S+]([O-])CC2)c1. The van der Waals surface area contributed by atoms with Crippen LogP contribution >= 0.6 is 0 Å². The molecule has 0 saturated carbocycles. The number of ether oxygens (including phenoxy) is 2. The molecule has 1 saturated heterocycles. The number of aromatic nitrogens is 1. The fraction of sp³-hybridized carbons (Fsp3) is 0.258. The van der Waals surface area contributed by atoms with Crippen LogP contribution in [0.3, 0.4) is 0 Å². The number of hydrogen-bond acceptors (Lipinski definition) is 8. The van der Waals surface area contributed by atoms with Gasteiger partial charge in [0.25, 0.3) is 5.91 Å². The van der Waals surface area contributed by atoms with Crippen molar-refractivity contribution in [3.05, 3.63) is 78.5 Å². The number of rotatable bonds is 11.